The van der Waals surface area contributed by atoms with Crippen molar-refractivity contribution in [3.8, 4) is 11.8 Å². The first-order valence-electron chi connectivity index (χ1n) is 9.50. The van der Waals surface area contributed by atoms with Gasteiger partial charge in [-0.25, -0.2) is 4.99 Å². The van der Waals surface area contributed by atoms with Crippen LogP contribution < -0.4 is 4.74 Å². The molecule has 0 radical (unpaired) electrons. The van der Waals surface area contributed by atoms with Gasteiger partial charge in [0, 0.05) is 11.8 Å². The first-order chi connectivity index (χ1) is 14.6. The standard InChI is InChI=1S/C25H19BrN2O2/c1-16-17(2)30-25(22(16)13-27)28-14-18-10-11-24(23(26)12-18)29-15-20-8-5-7-19-6-3-4-9-21(19)20/h3-12,14H,15H2,1-2H3. The summed E-state index contributed by atoms with van der Waals surface area (Å²) in [5.74, 6) is 1.79. The molecule has 0 aliphatic rings. The van der Waals surface area contributed by atoms with Crippen molar-refractivity contribution >= 4 is 38.8 Å². The molecule has 4 aromatic rings. The van der Waals surface area contributed by atoms with Gasteiger partial charge in [0.2, 0.25) is 5.88 Å². The highest BCUT2D eigenvalue weighted by atomic mass is 79.9. The second-order valence-corrected chi connectivity index (χ2v) is 7.80. The van der Waals surface area contributed by atoms with Crippen LogP contribution >= 0.6 is 15.9 Å². The molecule has 148 valence electrons. The third-order valence-corrected chi connectivity index (χ3v) is 5.65. The van der Waals surface area contributed by atoms with Crippen LogP contribution in [0.2, 0.25) is 0 Å². The van der Waals surface area contributed by atoms with Gasteiger partial charge in [0.05, 0.1) is 4.47 Å². The average Bonchev–Trinajstić information content (AvgIpc) is 3.04. The van der Waals surface area contributed by atoms with Crippen molar-refractivity contribution in [1.29, 1.82) is 5.26 Å². The number of rotatable bonds is 5. The van der Waals surface area contributed by atoms with E-state index < -0.39 is 0 Å². The van der Waals surface area contributed by atoms with E-state index in [2.05, 4.69) is 51.3 Å². The Morgan fingerprint density at radius 1 is 1.10 bits per heavy atom. The third-order valence-electron chi connectivity index (χ3n) is 5.03. The first kappa shape index (κ1) is 19.9. The minimum Gasteiger partial charge on any atom is -0.488 e. The van der Waals surface area contributed by atoms with Gasteiger partial charge < -0.3 is 9.15 Å². The van der Waals surface area contributed by atoms with Crippen LogP contribution in [0.5, 0.6) is 5.75 Å². The van der Waals surface area contributed by atoms with Crippen LogP contribution in [0.4, 0.5) is 5.88 Å². The van der Waals surface area contributed by atoms with Crippen LogP contribution in [0.3, 0.4) is 0 Å². The Labute approximate surface area is 183 Å². The number of nitriles is 1. The van der Waals surface area contributed by atoms with Crippen LogP contribution in [0.25, 0.3) is 10.8 Å². The Kier molecular flexibility index (Phi) is 5.69. The minimum atomic E-state index is 0.333. The van der Waals surface area contributed by atoms with Crippen LogP contribution in [-0.2, 0) is 6.61 Å². The molecule has 1 aromatic heterocycles. The van der Waals surface area contributed by atoms with Gasteiger partial charge in [-0.15, -0.1) is 0 Å². The third kappa shape index (κ3) is 4.00. The second-order valence-electron chi connectivity index (χ2n) is 6.95. The van der Waals surface area contributed by atoms with Gasteiger partial charge >= 0.3 is 0 Å². The molecule has 0 atom stereocenters. The zero-order valence-corrected chi connectivity index (χ0v) is 18.2. The number of hydrogen-bond acceptors (Lipinski definition) is 4. The molecule has 0 saturated heterocycles. The molecule has 0 bridgehead atoms. The quantitative estimate of drug-likeness (QED) is 0.302. The van der Waals surface area contributed by atoms with E-state index in [1.54, 1.807) is 6.21 Å². The van der Waals surface area contributed by atoms with Crippen molar-refractivity contribution in [2.24, 2.45) is 4.99 Å². The van der Waals surface area contributed by atoms with Gasteiger partial charge in [-0.05, 0) is 69.9 Å². The lowest BCUT2D eigenvalue weighted by molar-refractivity contribution is 0.305. The lowest BCUT2D eigenvalue weighted by Gasteiger charge is -2.11. The van der Waals surface area contributed by atoms with Crippen LogP contribution in [0.15, 0.2) is 74.5 Å². The summed E-state index contributed by atoms with van der Waals surface area (Å²) in [5.41, 5.74) is 3.30. The number of hydrogen-bond donors (Lipinski definition) is 0. The Balaban J connectivity index is 1.51. The molecule has 1 heterocycles. The lowest BCUT2D eigenvalue weighted by atomic mass is 10.1. The normalized spacial score (nSPS) is 11.1. The zero-order valence-electron chi connectivity index (χ0n) is 16.6. The topological polar surface area (TPSA) is 58.5 Å². The smallest absolute Gasteiger partial charge is 0.237 e. The van der Waals surface area contributed by atoms with Crippen molar-refractivity contribution in [1.82, 2.24) is 0 Å². The minimum absolute atomic E-state index is 0.333. The second kappa shape index (κ2) is 8.56. The fourth-order valence-corrected chi connectivity index (χ4v) is 3.76. The largest absolute Gasteiger partial charge is 0.488 e. The van der Waals surface area contributed by atoms with Gasteiger partial charge in [0.15, 0.2) is 0 Å². The molecule has 0 saturated carbocycles. The predicted octanol–water partition coefficient (Wildman–Crippen LogP) is 7.01. The van der Waals surface area contributed by atoms with E-state index in [0.29, 0.717) is 23.8 Å². The summed E-state index contributed by atoms with van der Waals surface area (Å²) >= 11 is 3.58. The monoisotopic (exact) mass is 458 g/mol. The number of fused-ring (bicyclic) bond motifs is 1. The maximum Gasteiger partial charge on any atom is 0.237 e. The van der Waals surface area contributed by atoms with E-state index in [9.17, 15) is 5.26 Å². The molecule has 5 heteroatoms. The Hall–Kier alpha value is -3.36. The van der Waals surface area contributed by atoms with Crippen LogP contribution in [0.1, 0.15) is 28.0 Å². The van der Waals surface area contributed by atoms with E-state index in [-0.39, 0.29) is 0 Å². The first-order valence-corrected chi connectivity index (χ1v) is 10.3. The lowest BCUT2D eigenvalue weighted by Crippen LogP contribution is -1.97. The van der Waals surface area contributed by atoms with Crippen LogP contribution in [0, 0.1) is 25.2 Å². The highest BCUT2D eigenvalue weighted by Crippen LogP contribution is 2.30. The molecule has 4 nitrogen and oxygen atoms in total. The summed E-state index contributed by atoms with van der Waals surface area (Å²) in [6.07, 6.45) is 1.68. The fraction of sp³-hybridized carbons (Fsp3) is 0.120. The molecule has 4 rings (SSSR count). The maximum atomic E-state index is 9.30. The molecule has 3 aromatic carbocycles. The summed E-state index contributed by atoms with van der Waals surface area (Å²) in [6, 6.07) is 22.4. The molecule has 0 amide bonds. The summed E-state index contributed by atoms with van der Waals surface area (Å²) in [4.78, 5) is 4.35. The van der Waals surface area contributed by atoms with Crippen molar-refractivity contribution in [2.75, 3.05) is 0 Å². The van der Waals surface area contributed by atoms with Crippen molar-refractivity contribution in [3.05, 3.63) is 93.2 Å². The predicted molar refractivity (Wildman–Crippen MR) is 123 cm³/mol. The van der Waals surface area contributed by atoms with E-state index in [4.69, 9.17) is 9.15 Å². The van der Waals surface area contributed by atoms with Gasteiger partial charge in [0.25, 0.3) is 0 Å². The summed E-state index contributed by atoms with van der Waals surface area (Å²) in [5, 5.41) is 11.7. The van der Waals surface area contributed by atoms with E-state index in [1.807, 2.05) is 50.2 Å². The number of nitrogens with zero attached hydrogens (tertiary/aromatic N) is 2. The molecule has 0 aliphatic heterocycles. The SMILES string of the molecule is Cc1oc(N=Cc2ccc(OCc3cccc4ccccc34)c(Br)c2)c(C#N)c1C. The molecular formula is C25H19BrN2O2. The number of halogens is 1. The highest BCUT2D eigenvalue weighted by molar-refractivity contribution is 9.10. The van der Waals surface area contributed by atoms with E-state index in [1.165, 1.54) is 10.8 Å². The van der Waals surface area contributed by atoms with Crippen molar-refractivity contribution in [3.63, 3.8) is 0 Å². The van der Waals surface area contributed by atoms with Crippen molar-refractivity contribution < 1.29 is 9.15 Å². The summed E-state index contributed by atoms with van der Waals surface area (Å²) in [6.45, 7) is 4.16. The molecule has 0 N–H and O–H groups in total. The zero-order chi connectivity index (χ0) is 21.1. The fourth-order valence-electron chi connectivity index (χ4n) is 3.25. The molecule has 0 unspecified atom stereocenters. The van der Waals surface area contributed by atoms with Crippen molar-refractivity contribution in [2.45, 2.75) is 20.5 Å². The average molecular weight is 459 g/mol. The number of benzene rings is 3. The maximum absolute atomic E-state index is 9.30. The number of ether oxygens (including phenoxy) is 1. The molecule has 0 aliphatic carbocycles. The number of furan rings is 1. The van der Waals surface area contributed by atoms with E-state index >= 15 is 0 Å². The Morgan fingerprint density at radius 3 is 2.70 bits per heavy atom. The van der Waals surface area contributed by atoms with Crippen LogP contribution in [-0.4, -0.2) is 6.21 Å². The Morgan fingerprint density at radius 2 is 1.90 bits per heavy atom. The van der Waals surface area contributed by atoms with E-state index in [0.717, 1.165) is 26.9 Å². The molecular weight excluding hydrogens is 440 g/mol. The van der Waals surface area contributed by atoms with Gasteiger partial charge in [0.1, 0.15) is 29.7 Å². The number of aryl methyl sites for hydroxylation is 1. The van der Waals surface area contributed by atoms with Gasteiger partial charge in [-0.3, -0.25) is 0 Å². The highest BCUT2D eigenvalue weighted by Gasteiger charge is 2.13. The molecule has 0 spiro atoms. The molecule has 0 fully saturated rings. The Bertz CT molecular complexity index is 1290. The van der Waals surface area contributed by atoms with Gasteiger partial charge in [-0.1, -0.05) is 42.5 Å². The van der Waals surface area contributed by atoms with Gasteiger partial charge in [-0.2, -0.15) is 5.26 Å². The molecule has 30 heavy (non-hydrogen) atoms. The summed E-state index contributed by atoms with van der Waals surface area (Å²) < 4.78 is 12.5. The summed E-state index contributed by atoms with van der Waals surface area (Å²) in [7, 11) is 0. The number of aliphatic imine (C=N–C) groups is 1.